The summed E-state index contributed by atoms with van der Waals surface area (Å²) in [5.41, 5.74) is 8.38. The highest BCUT2D eigenvalue weighted by Crippen LogP contribution is 2.21. The number of carbonyl (C=O) groups excluding carboxylic acids is 1. The molecule has 1 atom stereocenters. The van der Waals surface area contributed by atoms with E-state index in [4.69, 9.17) is 10.5 Å². The minimum atomic E-state index is -0.205. The molecule has 0 aliphatic heterocycles. The molecule has 23 heavy (non-hydrogen) atoms. The molecule has 0 heterocycles. The molecule has 0 radical (unpaired) electrons. The molecule has 1 unspecified atom stereocenters. The van der Waals surface area contributed by atoms with Crippen molar-refractivity contribution in [3.63, 3.8) is 0 Å². The van der Waals surface area contributed by atoms with Gasteiger partial charge in [0.25, 0.3) is 0 Å². The summed E-state index contributed by atoms with van der Waals surface area (Å²) in [6.07, 6.45) is 0. The number of rotatable bonds is 6. The summed E-state index contributed by atoms with van der Waals surface area (Å²) < 4.78 is 5.77. The van der Waals surface area contributed by atoms with Gasteiger partial charge < -0.3 is 15.8 Å². The van der Waals surface area contributed by atoms with Gasteiger partial charge in [-0.25, -0.2) is 0 Å². The van der Waals surface area contributed by atoms with Crippen molar-refractivity contribution in [2.24, 2.45) is 11.7 Å². The van der Waals surface area contributed by atoms with Gasteiger partial charge in [0.05, 0.1) is 0 Å². The van der Waals surface area contributed by atoms with Crippen LogP contribution < -0.4 is 15.8 Å². The molecule has 1 amide bonds. The Labute approximate surface area is 143 Å². The second-order valence-corrected chi connectivity index (χ2v) is 5.32. The van der Waals surface area contributed by atoms with Crippen LogP contribution in [0.25, 0.3) is 0 Å². The summed E-state index contributed by atoms with van der Waals surface area (Å²) in [4.78, 5) is 12.0. The topological polar surface area (TPSA) is 64.3 Å². The molecular formula is C18H23ClN2O2. The fraction of sp³-hybridized carbons (Fsp3) is 0.278. The van der Waals surface area contributed by atoms with Crippen molar-refractivity contribution < 1.29 is 9.53 Å². The van der Waals surface area contributed by atoms with Crippen LogP contribution in [0.1, 0.15) is 18.1 Å². The maximum absolute atomic E-state index is 12.0. The van der Waals surface area contributed by atoms with Gasteiger partial charge in [0.2, 0.25) is 5.91 Å². The molecule has 0 saturated carbocycles. The van der Waals surface area contributed by atoms with Crippen LogP contribution in [0.2, 0.25) is 0 Å². The average molecular weight is 335 g/mol. The van der Waals surface area contributed by atoms with E-state index in [1.54, 1.807) is 0 Å². The Morgan fingerprint density at radius 3 is 2.52 bits per heavy atom. The smallest absolute Gasteiger partial charge is 0.228 e. The van der Waals surface area contributed by atoms with E-state index >= 15 is 0 Å². The number of benzene rings is 2. The Kier molecular flexibility index (Phi) is 7.59. The molecule has 2 aromatic carbocycles. The molecule has 0 bridgehead atoms. The zero-order valence-corrected chi connectivity index (χ0v) is 14.2. The van der Waals surface area contributed by atoms with Crippen molar-refractivity contribution in [1.29, 1.82) is 0 Å². The maximum atomic E-state index is 12.0. The van der Waals surface area contributed by atoms with Crippen LogP contribution in [-0.4, -0.2) is 12.5 Å². The SMILES string of the molecule is Cc1c(COc2ccccc2)cccc1NC(=O)C(C)CN.Cl. The first-order valence-electron chi connectivity index (χ1n) is 7.39. The van der Waals surface area contributed by atoms with E-state index in [1.807, 2.05) is 62.4 Å². The van der Waals surface area contributed by atoms with E-state index < -0.39 is 0 Å². The third kappa shape index (κ3) is 5.27. The predicted molar refractivity (Wildman–Crippen MR) is 96.0 cm³/mol. The number of para-hydroxylation sites is 1. The number of ether oxygens (including phenoxy) is 1. The van der Waals surface area contributed by atoms with Crippen LogP contribution in [-0.2, 0) is 11.4 Å². The highest BCUT2D eigenvalue weighted by Gasteiger charge is 2.13. The van der Waals surface area contributed by atoms with Crippen LogP contribution in [0.15, 0.2) is 48.5 Å². The Morgan fingerprint density at radius 2 is 1.87 bits per heavy atom. The lowest BCUT2D eigenvalue weighted by atomic mass is 10.1. The van der Waals surface area contributed by atoms with Gasteiger partial charge in [0.1, 0.15) is 12.4 Å². The molecule has 3 N–H and O–H groups in total. The van der Waals surface area contributed by atoms with Gasteiger partial charge in [-0.15, -0.1) is 12.4 Å². The first-order chi connectivity index (χ1) is 10.6. The Hall–Kier alpha value is -2.04. The highest BCUT2D eigenvalue weighted by atomic mass is 35.5. The highest BCUT2D eigenvalue weighted by molar-refractivity contribution is 5.93. The van der Waals surface area contributed by atoms with Crippen LogP contribution in [0.5, 0.6) is 5.75 Å². The van der Waals surface area contributed by atoms with Gasteiger partial charge in [-0.3, -0.25) is 4.79 Å². The molecule has 0 fully saturated rings. The first-order valence-corrected chi connectivity index (χ1v) is 7.39. The van der Waals surface area contributed by atoms with E-state index in [0.29, 0.717) is 13.2 Å². The van der Waals surface area contributed by atoms with Gasteiger partial charge >= 0.3 is 0 Å². The number of amides is 1. The molecule has 0 aliphatic rings. The Morgan fingerprint density at radius 1 is 1.17 bits per heavy atom. The third-order valence-corrected chi connectivity index (χ3v) is 3.64. The van der Waals surface area contributed by atoms with Gasteiger partial charge in [-0.05, 0) is 36.2 Å². The molecule has 2 aromatic rings. The number of nitrogens with two attached hydrogens (primary N) is 1. The van der Waals surface area contributed by atoms with Crippen molar-refractivity contribution in [1.82, 2.24) is 0 Å². The summed E-state index contributed by atoms with van der Waals surface area (Å²) in [6, 6.07) is 15.5. The van der Waals surface area contributed by atoms with Crippen molar-refractivity contribution in [3.05, 3.63) is 59.7 Å². The normalized spacial score (nSPS) is 11.3. The second kappa shape index (κ2) is 9.18. The fourth-order valence-electron chi connectivity index (χ4n) is 2.02. The standard InChI is InChI=1S/C18H22N2O2.ClH/c1-13(11-19)18(21)20-17-10-6-7-15(14(17)2)12-22-16-8-4-3-5-9-16;/h3-10,13H,11-12,19H2,1-2H3,(H,20,21);1H. The number of halogens is 1. The molecule has 4 nitrogen and oxygen atoms in total. The summed E-state index contributed by atoms with van der Waals surface area (Å²) in [5.74, 6) is 0.559. The summed E-state index contributed by atoms with van der Waals surface area (Å²) in [7, 11) is 0. The molecular weight excluding hydrogens is 312 g/mol. The average Bonchev–Trinajstić information content (AvgIpc) is 2.55. The summed E-state index contributed by atoms with van der Waals surface area (Å²) in [6.45, 7) is 4.59. The quantitative estimate of drug-likeness (QED) is 0.849. The van der Waals surface area contributed by atoms with Crippen LogP contribution >= 0.6 is 12.4 Å². The summed E-state index contributed by atoms with van der Waals surface area (Å²) in [5, 5.41) is 2.92. The molecule has 124 valence electrons. The van der Waals surface area contributed by atoms with Crippen molar-refractivity contribution in [3.8, 4) is 5.75 Å². The Bertz CT molecular complexity index is 632. The van der Waals surface area contributed by atoms with Crippen LogP contribution in [0.3, 0.4) is 0 Å². The zero-order valence-electron chi connectivity index (χ0n) is 13.4. The molecule has 5 heteroatoms. The van der Waals surface area contributed by atoms with Gasteiger partial charge in [0.15, 0.2) is 0 Å². The molecule has 0 aliphatic carbocycles. The van der Waals surface area contributed by atoms with E-state index in [2.05, 4.69) is 5.32 Å². The van der Waals surface area contributed by atoms with E-state index in [-0.39, 0.29) is 24.2 Å². The van der Waals surface area contributed by atoms with Crippen LogP contribution in [0.4, 0.5) is 5.69 Å². The van der Waals surface area contributed by atoms with E-state index in [0.717, 1.165) is 22.6 Å². The molecule has 0 saturated heterocycles. The van der Waals surface area contributed by atoms with Crippen molar-refractivity contribution in [2.45, 2.75) is 20.5 Å². The van der Waals surface area contributed by atoms with Crippen LogP contribution in [0, 0.1) is 12.8 Å². The summed E-state index contributed by atoms with van der Waals surface area (Å²) >= 11 is 0. The number of carbonyl (C=O) groups is 1. The minimum Gasteiger partial charge on any atom is -0.489 e. The Balaban J connectivity index is 0.00000264. The lowest BCUT2D eigenvalue weighted by Gasteiger charge is -2.15. The van der Waals surface area contributed by atoms with E-state index in [9.17, 15) is 4.79 Å². The lowest BCUT2D eigenvalue weighted by Crippen LogP contribution is -2.27. The minimum absolute atomic E-state index is 0. The van der Waals surface area contributed by atoms with Crippen molar-refractivity contribution in [2.75, 3.05) is 11.9 Å². The third-order valence-electron chi connectivity index (χ3n) is 3.64. The van der Waals surface area contributed by atoms with E-state index in [1.165, 1.54) is 0 Å². The first kappa shape index (κ1) is 19.0. The molecule has 0 spiro atoms. The van der Waals surface area contributed by atoms with Gasteiger partial charge in [-0.2, -0.15) is 0 Å². The number of hydrogen-bond acceptors (Lipinski definition) is 3. The number of hydrogen-bond donors (Lipinski definition) is 2. The maximum Gasteiger partial charge on any atom is 0.228 e. The fourth-order valence-corrected chi connectivity index (χ4v) is 2.02. The number of anilines is 1. The predicted octanol–water partition coefficient (Wildman–Crippen LogP) is 3.53. The van der Waals surface area contributed by atoms with Gasteiger partial charge in [-0.1, -0.05) is 37.3 Å². The molecule has 2 rings (SSSR count). The van der Waals surface area contributed by atoms with Crippen molar-refractivity contribution >= 4 is 24.0 Å². The lowest BCUT2D eigenvalue weighted by molar-refractivity contribution is -0.119. The monoisotopic (exact) mass is 334 g/mol. The number of nitrogens with one attached hydrogen (secondary N) is 1. The van der Waals surface area contributed by atoms with Gasteiger partial charge in [0, 0.05) is 18.2 Å². The zero-order chi connectivity index (χ0) is 15.9. The molecule has 0 aromatic heterocycles. The second-order valence-electron chi connectivity index (χ2n) is 5.32. The largest absolute Gasteiger partial charge is 0.489 e.